The predicted octanol–water partition coefficient (Wildman–Crippen LogP) is 3.15. The molecule has 0 aromatic carbocycles. The van der Waals surface area contributed by atoms with E-state index >= 15 is 0 Å². The first-order valence-corrected chi connectivity index (χ1v) is 7.05. The van der Waals surface area contributed by atoms with Crippen molar-refractivity contribution in [1.29, 1.82) is 0 Å². The minimum absolute atomic E-state index is 0.0395. The summed E-state index contributed by atoms with van der Waals surface area (Å²) in [5.41, 5.74) is -0.678. The van der Waals surface area contributed by atoms with Crippen molar-refractivity contribution in [2.24, 2.45) is 0 Å². The van der Waals surface area contributed by atoms with Crippen LogP contribution in [0.4, 0.5) is 24.8 Å². The molecule has 1 aliphatic heterocycles. The summed E-state index contributed by atoms with van der Waals surface area (Å²) < 4.78 is 44.3. The first-order valence-electron chi connectivity index (χ1n) is 7.05. The summed E-state index contributed by atoms with van der Waals surface area (Å²) in [5, 5.41) is 2.86. The van der Waals surface area contributed by atoms with Gasteiger partial charge < -0.3 is 15.0 Å². The van der Waals surface area contributed by atoms with E-state index in [0.29, 0.717) is 25.5 Å². The van der Waals surface area contributed by atoms with Crippen molar-refractivity contribution in [3.05, 3.63) is 17.7 Å². The van der Waals surface area contributed by atoms with Gasteiger partial charge in [-0.2, -0.15) is 13.2 Å². The number of pyridine rings is 1. The Bertz CT molecular complexity index is 479. The molecule has 1 unspecified atom stereocenters. The van der Waals surface area contributed by atoms with Crippen LogP contribution in [0.2, 0.25) is 0 Å². The van der Waals surface area contributed by atoms with Gasteiger partial charge in [-0.1, -0.05) is 0 Å². The van der Waals surface area contributed by atoms with E-state index in [2.05, 4.69) is 10.3 Å². The van der Waals surface area contributed by atoms with Gasteiger partial charge in [0.05, 0.1) is 11.7 Å². The number of halogens is 3. The van der Waals surface area contributed by atoms with E-state index in [4.69, 9.17) is 4.74 Å². The van der Waals surface area contributed by atoms with Crippen LogP contribution in [0.5, 0.6) is 0 Å². The number of nitrogens with one attached hydrogen (secondary N) is 1. The van der Waals surface area contributed by atoms with Crippen molar-refractivity contribution >= 4 is 11.6 Å². The number of hydrogen-bond acceptors (Lipinski definition) is 4. The molecule has 1 aromatic heterocycles. The summed E-state index contributed by atoms with van der Waals surface area (Å²) >= 11 is 0. The van der Waals surface area contributed by atoms with Gasteiger partial charge in [-0.05, 0) is 31.9 Å². The van der Waals surface area contributed by atoms with E-state index in [1.807, 2.05) is 11.8 Å². The molecule has 118 valence electrons. The lowest BCUT2D eigenvalue weighted by Crippen LogP contribution is -2.39. The molecule has 4 nitrogen and oxygen atoms in total. The average Bonchev–Trinajstić information content (AvgIpc) is 2.46. The zero-order valence-corrected chi connectivity index (χ0v) is 12.2. The molecule has 0 spiro atoms. The number of piperidine rings is 1. The summed E-state index contributed by atoms with van der Waals surface area (Å²) in [6, 6.07) is 2.16. The number of nitrogens with zero attached hydrogens (tertiary/aromatic N) is 2. The fraction of sp³-hybridized carbons (Fsp3) is 0.643. The summed E-state index contributed by atoms with van der Waals surface area (Å²) in [4.78, 5) is 6.14. The molecular formula is C14H20F3N3O. The molecule has 0 amide bonds. The Morgan fingerprint density at radius 1 is 1.43 bits per heavy atom. The van der Waals surface area contributed by atoms with E-state index in [9.17, 15) is 13.2 Å². The lowest BCUT2D eigenvalue weighted by molar-refractivity contribution is -0.137. The lowest BCUT2D eigenvalue weighted by atomic mass is 10.1. The molecule has 1 atom stereocenters. The highest BCUT2D eigenvalue weighted by atomic mass is 19.4. The maximum absolute atomic E-state index is 13.0. The number of hydrogen-bond donors (Lipinski definition) is 1. The van der Waals surface area contributed by atoms with Crippen LogP contribution in [0.15, 0.2) is 12.1 Å². The molecule has 2 heterocycles. The van der Waals surface area contributed by atoms with Crippen LogP contribution in [0.1, 0.15) is 25.3 Å². The highest BCUT2D eigenvalue weighted by molar-refractivity contribution is 5.51. The van der Waals surface area contributed by atoms with Crippen molar-refractivity contribution in [3.8, 4) is 0 Å². The van der Waals surface area contributed by atoms with Crippen LogP contribution in [0.3, 0.4) is 0 Å². The van der Waals surface area contributed by atoms with Crippen LogP contribution >= 0.6 is 0 Å². The highest BCUT2D eigenvalue weighted by Gasteiger charge is 2.32. The summed E-state index contributed by atoms with van der Waals surface area (Å²) in [6.07, 6.45) is -2.53. The van der Waals surface area contributed by atoms with Crippen molar-refractivity contribution in [2.45, 2.75) is 32.0 Å². The molecule has 1 aromatic rings. The maximum Gasteiger partial charge on any atom is 0.416 e. The quantitative estimate of drug-likeness (QED) is 0.927. The van der Waals surface area contributed by atoms with Crippen molar-refractivity contribution in [2.75, 3.05) is 37.0 Å². The molecular weight excluding hydrogens is 283 g/mol. The molecule has 21 heavy (non-hydrogen) atoms. The van der Waals surface area contributed by atoms with Gasteiger partial charge in [-0.3, -0.25) is 0 Å². The smallest absolute Gasteiger partial charge is 0.380 e. The third kappa shape index (κ3) is 4.00. The molecule has 0 radical (unpaired) electrons. The van der Waals surface area contributed by atoms with Gasteiger partial charge in [-0.25, -0.2) is 4.98 Å². The van der Waals surface area contributed by atoms with E-state index in [-0.39, 0.29) is 11.9 Å². The van der Waals surface area contributed by atoms with Crippen LogP contribution in [-0.4, -0.2) is 37.8 Å². The zero-order chi connectivity index (χ0) is 15.5. The third-order valence-corrected chi connectivity index (χ3v) is 3.53. The lowest BCUT2D eigenvalue weighted by Gasteiger charge is -2.33. The molecule has 1 N–H and O–H groups in total. The Morgan fingerprint density at radius 3 is 2.81 bits per heavy atom. The third-order valence-electron chi connectivity index (χ3n) is 3.53. The molecule has 1 fully saturated rings. The minimum atomic E-state index is -4.38. The molecule has 0 aliphatic carbocycles. The maximum atomic E-state index is 13.0. The molecule has 1 saturated heterocycles. The summed E-state index contributed by atoms with van der Waals surface area (Å²) in [5.74, 6) is 0.601. The SMILES string of the molecule is CCNc1cc(C(F)(F)F)cc(N2CCCC(OC)C2)n1. The fourth-order valence-corrected chi connectivity index (χ4v) is 2.45. The number of ether oxygens (including phenoxy) is 1. The van der Waals surface area contributed by atoms with Gasteiger partial charge in [0.15, 0.2) is 0 Å². The van der Waals surface area contributed by atoms with E-state index in [1.54, 1.807) is 7.11 Å². The molecule has 2 rings (SSSR count). The van der Waals surface area contributed by atoms with E-state index in [1.165, 1.54) is 0 Å². The van der Waals surface area contributed by atoms with Gasteiger partial charge in [0.25, 0.3) is 0 Å². The first-order chi connectivity index (χ1) is 9.94. The van der Waals surface area contributed by atoms with Crippen molar-refractivity contribution in [1.82, 2.24) is 4.98 Å². The molecule has 7 heteroatoms. The largest absolute Gasteiger partial charge is 0.416 e. The average molecular weight is 303 g/mol. The number of aromatic nitrogens is 1. The Hall–Kier alpha value is -1.50. The van der Waals surface area contributed by atoms with Gasteiger partial charge in [0.2, 0.25) is 0 Å². The number of rotatable bonds is 4. The number of anilines is 2. The topological polar surface area (TPSA) is 37.4 Å². The Labute approximate surface area is 122 Å². The summed E-state index contributed by atoms with van der Waals surface area (Å²) in [6.45, 7) is 3.61. The van der Waals surface area contributed by atoms with Gasteiger partial charge in [0, 0.05) is 26.7 Å². The van der Waals surface area contributed by atoms with Crippen molar-refractivity contribution in [3.63, 3.8) is 0 Å². The van der Waals surface area contributed by atoms with Gasteiger partial charge >= 0.3 is 6.18 Å². The first kappa shape index (κ1) is 15.9. The van der Waals surface area contributed by atoms with Crippen LogP contribution in [0, 0.1) is 0 Å². The zero-order valence-electron chi connectivity index (χ0n) is 12.2. The summed E-state index contributed by atoms with van der Waals surface area (Å²) in [7, 11) is 1.62. The Morgan fingerprint density at radius 2 is 2.19 bits per heavy atom. The molecule has 0 saturated carbocycles. The van der Waals surface area contributed by atoms with Gasteiger partial charge in [-0.15, -0.1) is 0 Å². The van der Waals surface area contributed by atoms with Gasteiger partial charge in [0.1, 0.15) is 11.6 Å². The Kier molecular flexibility index (Phi) is 4.92. The fourth-order valence-electron chi connectivity index (χ4n) is 2.45. The number of methoxy groups -OCH3 is 1. The second-order valence-corrected chi connectivity index (χ2v) is 5.07. The van der Waals surface area contributed by atoms with E-state index < -0.39 is 11.7 Å². The second-order valence-electron chi connectivity index (χ2n) is 5.07. The van der Waals surface area contributed by atoms with E-state index in [0.717, 1.165) is 25.0 Å². The standard InChI is InChI=1S/C14H20F3N3O/c1-3-18-12-7-10(14(15,16)17)8-13(19-12)20-6-4-5-11(9-20)21-2/h7-8,11H,3-6,9H2,1-2H3,(H,18,19). The minimum Gasteiger partial charge on any atom is -0.380 e. The molecule has 1 aliphatic rings. The van der Waals surface area contributed by atoms with Crippen molar-refractivity contribution < 1.29 is 17.9 Å². The number of alkyl halides is 3. The normalized spacial score (nSPS) is 19.7. The Balaban J connectivity index is 2.31. The van der Waals surface area contributed by atoms with Crippen LogP contribution in [-0.2, 0) is 10.9 Å². The monoisotopic (exact) mass is 303 g/mol. The molecule has 0 bridgehead atoms. The van der Waals surface area contributed by atoms with Crippen LogP contribution < -0.4 is 10.2 Å². The predicted molar refractivity (Wildman–Crippen MR) is 75.6 cm³/mol. The second kappa shape index (κ2) is 6.51. The highest BCUT2D eigenvalue weighted by Crippen LogP contribution is 2.33. The van der Waals surface area contributed by atoms with Crippen LogP contribution in [0.25, 0.3) is 0 Å².